The van der Waals surface area contributed by atoms with E-state index in [4.69, 9.17) is 5.14 Å². The van der Waals surface area contributed by atoms with Crippen LogP contribution >= 0.6 is 0 Å². The Balaban J connectivity index is 2.65. The van der Waals surface area contributed by atoms with Crippen molar-refractivity contribution < 1.29 is 13.2 Å². The van der Waals surface area contributed by atoms with Crippen LogP contribution in [0.25, 0.3) is 0 Å². The Morgan fingerprint density at radius 2 is 2.21 bits per heavy atom. The first-order valence-corrected chi connectivity index (χ1v) is 6.04. The zero-order valence-electron chi connectivity index (χ0n) is 8.06. The first-order valence-electron chi connectivity index (χ1n) is 4.43. The average molecular weight is 221 g/mol. The van der Waals surface area contributed by atoms with Gasteiger partial charge in [0, 0.05) is 20.1 Å². The molecule has 1 heterocycles. The van der Waals surface area contributed by atoms with Gasteiger partial charge in [-0.2, -0.15) is 0 Å². The third-order valence-corrected chi connectivity index (χ3v) is 3.66. The van der Waals surface area contributed by atoms with Gasteiger partial charge in [-0.1, -0.05) is 0 Å². The molecule has 3 N–H and O–H groups in total. The molecule has 1 aliphatic rings. The van der Waals surface area contributed by atoms with Gasteiger partial charge in [-0.05, 0) is 12.8 Å². The molecule has 1 atom stereocenters. The van der Waals surface area contributed by atoms with Crippen LogP contribution in [0.15, 0.2) is 0 Å². The number of rotatable bonds is 1. The molecule has 0 aromatic carbocycles. The summed E-state index contributed by atoms with van der Waals surface area (Å²) in [5, 5.41) is 6.87. The molecule has 6 nitrogen and oxygen atoms in total. The lowest BCUT2D eigenvalue weighted by Crippen LogP contribution is -2.49. The molecule has 82 valence electrons. The van der Waals surface area contributed by atoms with Crippen LogP contribution in [0, 0.1) is 0 Å². The highest BCUT2D eigenvalue weighted by Crippen LogP contribution is 2.14. The Morgan fingerprint density at radius 3 is 2.71 bits per heavy atom. The van der Waals surface area contributed by atoms with Crippen molar-refractivity contribution in [1.82, 2.24) is 10.2 Å². The van der Waals surface area contributed by atoms with Crippen LogP contribution in [-0.4, -0.2) is 44.7 Å². The molecular formula is C7H15N3O3S. The lowest BCUT2D eigenvalue weighted by molar-refractivity contribution is 0.189. The molecule has 2 amide bonds. The number of amides is 2. The van der Waals surface area contributed by atoms with Crippen molar-refractivity contribution in [3.05, 3.63) is 0 Å². The van der Waals surface area contributed by atoms with Crippen molar-refractivity contribution in [1.29, 1.82) is 0 Å². The fraction of sp³-hybridized carbons (Fsp3) is 0.857. The molecular weight excluding hydrogens is 206 g/mol. The average Bonchev–Trinajstić information content (AvgIpc) is 2.15. The first kappa shape index (κ1) is 11.3. The van der Waals surface area contributed by atoms with Crippen molar-refractivity contribution in [3.63, 3.8) is 0 Å². The smallest absolute Gasteiger partial charge is 0.317 e. The maximum atomic E-state index is 11.2. The second kappa shape index (κ2) is 4.14. The lowest BCUT2D eigenvalue weighted by atomic mass is 10.1. The number of nitrogens with one attached hydrogen (secondary N) is 1. The van der Waals surface area contributed by atoms with E-state index < -0.39 is 15.3 Å². The number of likely N-dealkylation sites (tertiary alicyclic amines) is 1. The van der Waals surface area contributed by atoms with Crippen molar-refractivity contribution in [3.8, 4) is 0 Å². The summed E-state index contributed by atoms with van der Waals surface area (Å²) in [5.74, 6) is 0. The Kier molecular flexibility index (Phi) is 3.33. The van der Waals surface area contributed by atoms with E-state index in [2.05, 4.69) is 5.32 Å². The molecule has 0 spiro atoms. The highest BCUT2D eigenvalue weighted by Gasteiger charge is 2.29. The highest BCUT2D eigenvalue weighted by molar-refractivity contribution is 7.89. The lowest BCUT2D eigenvalue weighted by Gasteiger charge is -2.30. The number of primary sulfonamides is 1. The molecule has 0 aromatic heterocycles. The van der Waals surface area contributed by atoms with Crippen LogP contribution < -0.4 is 10.5 Å². The summed E-state index contributed by atoms with van der Waals surface area (Å²) in [5.41, 5.74) is 0. The van der Waals surface area contributed by atoms with E-state index in [1.54, 1.807) is 0 Å². The van der Waals surface area contributed by atoms with Crippen LogP contribution in [0.5, 0.6) is 0 Å². The van der Waals surface area contributed by atoms with Gasteiger partial charge in [0.15, 0.2) is 0 Å². The van der Waals surface area contributed by atoms with Gasteiger partial charge < -0.3 is 10.2 Å². The number of nitrogens with two attached hydrogens (primary N) is 1. The third kappa shape index (κ3) is 2.58. The van der Waals surface area contributed by atoms with Crippen LogP contribution in [0.1, 0.15) is 12.8 Å². The van der Waals surface area contributed by atoms with Crippen molar-refractivity contribution in [2.75, 3.05) is 20.1 Å². The largest absolute Gasteiger partial charge is 0.341 e. The number of carbonyl (C=O) groups excluding carboxylic acids is 1. The van der Waals surface area contributed by atoms with Gasteiger partial charge in [0.2, 0.25) is 10.0 Å². The molecule has 0 radical (unpaired) electrons. The van der Waals surface area contributed by atoms with E-state index in [1.807, 2.05) is 0 Å². The first-order chi connectivity index (χ1) is 6.45. The van der Waals surface area contributed by atoms with Crippen molar-refractivity contribution in [2.24, 2.45) is 5.14 Å². The van der Waals surface area contributed by atoms with Gasteiger partial charge in [0.05, 0.1) is 5.25 Å². The molecule has 1 unspecified atom stereocenters. The van der Waals surface area contributed by atoms with Crippen LogP contribution in [0.3, 0.4) is 0 Å². The molecule has 0 saturated carbocycles. The molecule has 0 aromatic rings. The number of nitrogens with zero attached hydrogens (tertiary/aromatic N) is 1. The van der Waals surface area contributed by atoms with Gasteiger partial charge in [-0.25, -0.2) is 18.4 Å². The number of hydrogen-bond donors (Lipinski definition) is 2. The minimum atomic E-state index is -3.52. The van der Waals surface area contributed by atoms with Crippen LogP contribution in [-0.2, 0) is 10.0 Å². The molecule has 1 fully saturated rings. The van der Waals surface area contributed by atoms with Crippen LogP contribution in [0.2, 0.25) is 0 Å². The second-order valence-corrected chi connectivity index (χ2v) is 5.20. The fourth-order valence-corrected chi connectivity index (χ4v) is 2.43. The zero-order valence-corrected chi connectivity index (χ0v) is 8.88. The topological polar surface area (TPSA) is 92.5 Å². The predicted molar refractivity (Wildman–Crippen MR) is 52.2 cm³/mol. The molecule has 1 saturated heterocycles. The van der Waals surface area contributed by atoms with Crippen LogP contribution in [0.4, 0.5) is 4.79 Å². The molecule has 14 heavy (non-hydrogen) atoms. The van der Waals surface area contributed by atoms with Gasteiger partial charge in [0.25, 0.3) is 0 Å². The predicted octanol–water partition coefficient (Wildman–Crippen LogP) is -0.921. The summed E-state index contributed by atoms with van der Waals surface area (Å²) in [4.78, 5) is 12.7. The van der Waals surface area contributed by atoms with Gasteiger partial charge >= 0.3 is 6.03 Å². The molecule has 0 bridgehead atoms. The fourth-order valence-electron chi connectivity index (χ4n) is 1.55. The summed E-state index contributed by atoms with van der Waals surface area (Å²) in [7, 11) is -2.01. The maximum Gasteiger partial charge on any atom is 0.317 e. The Bertz CT molecular complexity index is 314. The van der Waals surface area contributed by atoms with E-state index in [-0.39, 0.29) is 12.6 Å². The van der Waals surface area contributed by atoms with E-state index in [1.165, 1.54) is 11.9 Å². The SMILES string of the molecule is CNC(=O)N1CCCC(S(N)(=O)=O)C1. The van der Waals surface area contributed by atoms with E-state index in [9.17, 15) is 13.2 Å². The molecule has 7 heteroatoms. The Labute approximate surface area is 83.5 Å². The number of hydrogen-bond acceptors (Lipinski definition) is 3. The zero-order chi connectivity index (χ0) is 10.8. The van der Waals surface area contributed by atoms with E-state index in [0.29, 0.717) is 19.4 Å². The minimum absolute atomic E-state index is 0.193. The van der Waals surface area contributed by atoms with Gasteiger partial charge in [-0.3, -0.25) is 0 Å². The van der Waals surface area contributed by atoms with E-state index in [0.717, 1.165) is 0 Å². The standard InChI is InChI=1S/C7H15N3O3S/c1-9-7(11)10-4-2-3-6(5-10)14(8,12)13/h6H,2-5H2,1H3,(H,9,11)(H2,8,12,13). The normalized spacial score (nSPS) is 23.3. The quantitative estimate of drug-likeness (QED) is 0.599. The summed E-state index contributed by atoms with van der Waals surface area (Å²) in [6.45, 7) is 0.782. The summed E-state index contributed by atoms with van der Waals surface area (Å²) in [6.07, 6.45) is 1.21. The third-order valence-electron chi connectivity index (χ3n) is 2.34. The van der Waals surface area contributed by atoms with Crippen molar-refractivity contribution >= 4 is 16.1 Å². The summed E-state index contributed by atoms with van der Waals surface area (Å²) >= 11 is 0. The number of urea groups is 1. The monoisotopic (exact) mass is 221 g/mol. The second-order valence-electron chi connectivity index (χ2n) is 3.35. The van der Waals surface area contributed by atoms with Crippen molar-refractivity contribution in [2.45, 2.75) is 18.1 Å². The number of sulfonamides is 1. The number of piperidine rings is 1. The number of carbonyl (C=O) groups is 1. The Morgan fingerprint density at radius 1 is 1.57 bits per heavy atom. The van der Waals surface area contributed by atoms with E-state index >= 15 is 0 Å². The molecule has 0 aliphatic carbocycles. The molecule has 1 aliphatic heterocycles. The molecule has 1 rings (SSSR count). The summed E-state index contributed by atoms with van der Waals surface area (Å²) < 4.78 is 22.1. The van der Waals surface area contributed by atoms with Gasteiger partial charge in [-0.15, -0.1) is 0 Å². The Hall–Kier alpha value is -0.820. The maximum absolute atomic E-state index is 11.2. The summed E-state index contributed by atoms with van der Waals surface area (Å²) in [6, 6.07) is -0.252. The minimum Gasteiger partial charge on any atom is -0.341 e. The van der Waals surface area contributed by atoms with Gasteiger partial charge in [0.1, 0.15) is 0 Å². The highest BCUT2D eigenvalue weighted by atomic mass is 32.2.